The van der Waals surface area contributed by atoms with Gasteiger partial charge in [-0.05, 0) is 36.2 Å². The number of aryl methyl sites for hydroxylation is 1. The molecule has 1 saturated heterocycles. The fraction of sp³-hybridized carbons (Fsp3) is 0.286. The second kappa shape index (κ2) is 9.05. The number of para-hydroxylation sites is 1. The minimum absolute atomic E-state index is 0.0301. The summed E-state index contributed by atoms with van der Waals surface area (Å²) in [7, 11) is 0. The number of esters is 1. The molecule has 1 fully saturated rings. The van der Waals surface area contributed by atoms with Crippen molar-refractivity contribution in [3.63, 3.8) is 0 Å². The van der Waals surface area contributed by atoms with Gasteiger partial charge in [0.15, 0.2) is 6.61 Å². The molecule has 2 aromatic rings. The van der Waals surface area contributed by atoms with E-state index in [1.54, 1.807) is 4.90 Å². The van der Waals surface area contributed by atoms with E-state index >= 15 is 0 Å². The molecule has 1 atom stereocenters. The Morgan fingerprint density at radius 1 is 1.28 bits per heavy atom. The number of nitrogens with zero attached hydrogens (tertiary/aromatic N) is 1. The summed E-state index contributed by atoms with van der Waals surface area (Å²) in [5, 5.41) is 2.49. The summed E-state index contributed by atoms with van der Waals surface area (Å²) >= 11 is 5.85. The van der Waals surface area contributed by atoms with E-state index in [2.05, 4.69) is 5.32 Å². The van der Waals surface area contributed by atoms with E-state index in [0.29, 0.717) is 0 Å². The standard InChI is InChI=1S/C21H20ClFN2O4/c1-2-13-5-3-4-6-18(13)25-11-14(9-20(25)27)21(28)29-12-19(26)24-17-8-7-15(23)10-16(17)22/h3-8,10,14H,2,9,11-12H2,1H3,(H,24,26)/t14-/m0/s1. The average Bonchev–Trinajstić information content (AvgIpc) is 3.09. The second-order valence-electron chi connectivity index (χ2n) is 6.67. The summed E-state index contributed by atoms with van der Waals surface area (Å²) in [6, 6.07) is 11.1. The first-order valence-electron chi connectivity index (χ1n) is 9.18. The zero-order valence-electron chi connectivity index (χ0n) is 15.8. The molecule has 3 rings (SSSR count). The van der Waals surface area contributed by atoms with Crippen LogP contribution in [-0.4, -0.2) is 30.9 Å². The molecule has 2 aromatic carbocycles. The van der Waals surface area contributed by atoms with Crippen molar-refractivity contribution in [3.05, 3.63) is 58.9 Å². The van der Waals surface area contributed by atoms with E-state index < -0.39 is 30.2 Å². The first kappa shape index (κ1) is 20.8. The second-order valence-corrected chi connectivity index (χ2v) is 7.07. The van der Waals surface area contributed by atoms with Crippen molar-refractivity contribution in [2.45, 2.75) is 19.8 Å². The van der Waals surface area contributed by atoms with Crippen molar-refractivity contribution in [2.24, 2.45) is 5.92 Å². The molecule has 0 radical (unpaired) electrons. The van der Waals surface area contributed by atoms with Crippen molar-refractivity contribution in [3.8, 4) is 0 Å². The van der Waals surface area contributed by atoms with Crippen molar-refractivity contribution >= 4 is 40.8 Å². The molecule has 0 spiro atoms. The molecule has 1 N–H and O–H groups in total. The van der Waals surface area contributed by atoms with Crippen molar-refractivity contribution in [1.29, 1.82) is 0 Å². The predicted octanol–water partition coefficient (Wildman–Crippen LogP) is 3.58. The molecule has 2 amide bonds. The Balaban J connectivity index is 1.56. The zero-order valence-corrected chi connectivity index (χ0v) is 16.5. The number of hydrogen-bond donors (Lipinski definition) is 1. The van der Waals surface area contributed by atoms with Crippen LogP contribution >= 0.6 is 11.6 Å². The number of ether oxygens (including phenoxy) is 1. The first-order chi connectivity index (χ1) is 13.9. The van der Waals surface area contributed by atoms with E-state index in [0.717, 1.165) is 29.8 Å². The lowest BCUT2D eigenvalue weighted by atomic mass is 10.1. The molecular formula is C21H20ClFN2O4. The summed E-state index contributed by atoms with van der Waals surface area (Å²) in [6.07, 6.45) is 0.795. The maximum Gasteiger partial charge on any atom is 0.311 e. The lowest BCUT2D eigenvalue weighted by Crippen LogP contribution is -2.28. The summed E-state index contributed by atoms with van der Waals surface area (Å²) < 4.78 is 18.1. The highest BCUT2D eigenvalue weighted by Crippen LogP contribution is 2.29. The van der Waals surface area contributed by atoms with Gasteiger partial charge in [-0.2, -0.15) is 0 Å². The Kier molecular flexibility index (Phi) is 6.49. The van der Waals surface area contributed by atoms with Crippen LogP contribution in [0.15, 0.2) is 42.5 Å². The lowest BCUT2D eigenvalue weighted by Gasteiger charge is -2.19. The number of amides is 2. The number of benzene rings is 2. The smallest absolute Gasteiger partial charge is 0.311 e. The number of carbonyl (C=O) groups is 3. The van der Waals surface area contributed by atoms with E-state index in [9.17, 15) is 18.8 Å². The number of nitrogens with one attached hydrogen (secondary N) is 1. The third-order valence-corrected chi connectivity index (χ3v) is 4.99. The van der Waals surface area contributed by atoms with E-state index in [-0.39, 0.29) is 29.6 Å². The highest BCUT2D eigenvalue weighted by molar-refractivity contribution is 6.33. The Morgan fingerprint density at radius 3 is 2.76 bits per heavy atom. The van der Waals surface area contributed by atoms with Gasteiger partial charge in [0.2, 0.25) is 5.91 Å². The number of halogens is 2. The molecule has 8 heteroatoms. The molecule has 0 aliphatic carbocycles. The SMILES string of the molecule is CCc1ccccc1N1C[C@@H](C(=O)OCC(=O)Nc2ccc(F)cc2Cl)CC1=O. The van der Waals surface area contributed by atoms with Crippen LogP contribution in [0.5, 0.6) is 0 Å². The Bertz CT molecular complexity index is 950. The summed E-state index contributed by atoms with van der Waals surface area (Å²) in [5.41, 5.74) is 2.02. The fourth-order valence-corrected chi connectivity index (χ4v) is 3.42. The van der Waals surface area contributed by atoms with Gasteiger partial charge in [0.25, 0.3) is 5.91 Å². The van der Waals surface area contributed by atoms with Crippen LogP contribution in [0.25, 0.3) is 0 Å². The third-order valence-electron chi connectivity index (χ3n) is 4.67. The summed E-state index contributed by atoms with van der Waals surface area (Å²) in [5.74, 6) is -2.55. The van der Waals surface area contributed by atoms with Gasteiger partial charge in [0, 0.05) is 18.7 Å². The van der Waals surface area contributed by atoms with Gasteiger partial charge in [-0.1, -0.05) is 36.7 Å². The Labute approximate surface area is 172 Å². The molecule has 6 nitrogen and oxygen atoms in total. The average molecular weight is 419 g/mol. The van der Waals surface area contributed by atoms with Gasteiger partial charge < -0.3 is 15.0 Å². The molecular weight excluding hydrogens is 399 g/mol. The Hall–Kier alpha value is -2.93. The maximum atomic E-state index is 13.0. The summed E-state index contributed by atoms with van der Waals surface area (Å²) in [4.78, 5) is 38.3. The van der Waals surface area contributed by atoms with Gasteiger partial charge in [-0.25, -0.2) is 4.39 Å². The molecule has 0 saturated carbocycles. The summed E-state index contributed by atoms with van der Waals surface area (Å²) in [6.45, 7) is 1.68. The van der Waals surface area contributed by atoms with Gasteiger partial charge in [0.1, 0.15) is 5.82 Å². The largest absolute Gasteiger partial charge is 0.455 e. The molecule has 0 bridgehead atoms. The zero-order chi connectivity index (χ0) is 21.0. The van der Waals surface area contributed by atoms with E-state index in [4.69, 9.17) is 16.3 Å². The van der Waals surface area contributed by atoms with Crippen LogP contribution in [-0.2, 0) is 25.5 Å². The van der Waals surface area contributed by atoms with Crippen LogP contribution < -0.4 is 10.2 Å². The fourth-order valence-electron chi connectivity index (χ4n) is 3.20. The maximum absolute atomic E-state index is 13.0. The third kappa shape index (κ3) is 4.92. The van der Waals surface area contributed by atoms with Crippen molar-refractivity contribution in [1.82, 2.24) is 0 Å². The van der Waals surface area contributed by atoms with Crippen LogP contribution in [0.4, 0.5) is 15.8 Å². The van der Waals surface area contributed by atoms with Crippen molar-refractivity contribution in [2.75, 3.05) is 23.4 Å². The van der Waals surface area contributed by atoms with Crippen LogP contribution in [0.2, 0.25) is 5.02 Å². The number of anilines is 2. The van der Waals surface area contributed by atoms with Crippen molar-refractivity contribution < 1.29 is 23.5 Å². The Morgan fingerprint density at radius 2 is 2.03 bits per heavy atom. The minimum Gasteiger partial charge on any atom is -0.455 e. The molecule has 1 aliphatic heterocycles. The number of hydrogen-bond acceptors (Lipinski definition) is 4. The van der Waals surface area contributed by atoms with Gasteiger partial charge in [-0.15, -0.1) is 0 Å². The highest BCUT2D eigenvalue weighted by Gasteiger charge is 2.37. The monoisotopic (exact) mass is 418 g/mol. The number of carbonyl (C=O) groups excluding carboxylic acids is 3. The van der Waals surface area contributed by atoms with Gasteiger partial charge >= 0.3 is 5.97 Å². The molecule has 1 aliphatic rings. The quantitative estimate of drug-likeness (QED) is 0.727. The highest BCUT2D eigenvalue weighted by atomic mass is 35.5. The lowest BCUT2D eigenvalue weighted by molar-refractivity contribution is -0.151. The minimum atomic E-state index is -0.644. The topological polar surface area (TPSA) is 75.7 Å². The molecule has 29 heavy (non-hydrogen) atoms. The van der Waals surface area contributed by atoms with Crippen LogP contribution in [0, 0.1) is 11.7 Å². The molecule has 0 aromatic heterocycles. The molecule has 1 heterocycles. The molecule has 0 unspecified atom stereocenters. The van der Waals surface area contributed by atoms with Gasteiger partial charge in [-0.3, -0.25) is 14.4 Å². The normalized spacial score (nSPS) is 16.0. The van der Waals surface area contributed by atoms with Crippen LogP contribution in [0.3, 0.4) is 0 Å². The number of rotatable bonds is 6. The first-order valence-corrected chi connectivity index (χ1v) is 9.56. The van der Waals surface area contributed by atoms with E-state index in [1.807, 2.05) is 31.2 Å². The van der Waals surface area contributed by atoms with E-state index in [1.165, 1.54) is 6.07 Å². The van der Waals surface area contributed by atoms with Crippen LogP contribution in [0.1, 0.15) is 18.9 Å². The predicted molar refractivity (Wildman–Crippen MR) is 107 cm³/mol. The van der Waals surface area contributed by atoms with Gasteiger partial charge in [0.05, 0.1) is 16.6 Å². The molecule has 152 valence electrons.